The van der Waals surface area contributed by atoms with Gasteiger partial charge in [0.2, 0.25) is 0 Å². The van der Waals surface area contributed by atoms with Crippen LogP contribution in [0.25, 0.3) is 10.2 Å². The van der Waals surface area contributed by atoms with E-state index in [-0.39, 0.29) is 0 Å². The molecule has 110 valence electrons. The Morgan fingerprint density at radius 2 is 2.29 bits per heavy atom. The van der Waals surface area contributed by atoms with Gasteiger partial charge in [-0.15, -0.1) is 11.3 Å². The lowest BCUT2D eigenvalue weighted by Gasteiger charge is -2.26. The molecule has 3 nitrogen and oxygen atoms in total. The van der Waals surface area contributed by atoms with Gasteiger partial charge in [-0.25, -0.2) is 4.98 Å². The van der Waals surface area contributed by atoms with Crippen LogP contribution in [0, 0.1) is 11.3 Å². The number of hydrogen-bond acceptors (Lipinski definition) is 5. The predicted octanol–water partition coefficient (Wildman–Crippen LogP) is 4.20. The Labute approximate surface area is 133 Å². The lowest BCUT2D eigenvalue weighted by Crippen LogP contribution is -2.44. The Balaban J connectivity index is 1.64. The first-order valence-electron chi connectivity index (χ1n) is 7.29. The van der Waals surface area contributed by atoms with Crippen molar-refractivity contribution in [3.63, 3.8) is 0 Å². The standard InChI is InChI=1S/C16H19N3S2/c1-11(9-16(2,10-17)19-12-7-8-12)20-15-18-13-5-3-4-6-14(13)21-15/h3-6,11-12,19H,7-9H2,1-2H3. The molecule has 2 aromatic rings. The molecule has 1 heterocycles. The topological polar surface area (TPSA) is 48.7 Å². The van der Waals surface area contributed by atoms with E-state index in [9.17, 15) is 5.26 Å². The summed E-state index contributed by atoms with van der Waals surface area (Å²) >= 11 is 3.51. The molecule has 0 amide bonds. The van der Waals surface area contributed by atoms with Crippen LogP contribution in [0.15, 0.2) is 28.6 Å². The number of nitrogens with zero attached hydrogens (tertiary/aromatic N) is 2. The normalized spacial score (nSPS) is 19.1. The van der Waals surface area contributed by atoms with Gasteiger partial charge in [0.05, 0.1) is 16.3 Å². The summed E-state index contributed by atoms with van der Waals surface area (Å²) in [5, 5.41) is 13.3. The first-order chi connectivity index (χ1) is 10.1. The van der Waals surface area contributed by atoms with E-state index in [1.165, 1.54) is 17.5 Å². The van der Waals surface area contributed by atoms with E-state index in [0.717, 1.165) is 16.3 Å². The van der Waals surface area contributed by atoms with Gasteiger partial charge in [0, 0.05) is 11.3 Å². The number of benzene rings is 1. The highest BCUT2D eigenvalue weighted by atomic mass is 32.2. The van der Waals surface area contributed by atoms with Crippen molar-refractivity contribution in [1.82, 2.24) is 10.3 Å². The third kappa shape index (κ3) is 3.76. The highest BCUT2D eigenvalue weighted by Gasteiger charge is 2.34. The molecule has 1 aliphatic rings. The summed E-state index contributed by atoms with van der Waals surface area (Å²) in [5.74, 6) is 0. The van der Waals surface area contributed by atoms with Crippen molar-refractivity contribution in [3.8, 4) is 6.07 Å². The molecule has 3 rings (SSSR count). The fraction of sp³-hybridized carbons (Fsp3) is 0.500. The molecule has 5 heteroatoms. The summed E-state index contributed by atoms with van der Waals surface area (Å²) in [6.07, 6.45) is 3.24. The third-order valence-corrected chi connectivity index (χ3v) is 5.85. The lowest BCUT2D eigenvalue weighted by molar-refractivity contribution is 0.415. The van der Waals surface area contributed by atoms with Gasteiger partial charge in [0.25, 0.3) is 0 Å². The van der Waals surface area contributed by atoms with Crippen LogP contribution in [0.1, 0.15) is 33.1 Å². The summed E-state index contributed by atoms with van der Waals surface area (Å²) in [6.45, 7) is 4.20. The van der Waals surface area contributed by atoms with Gasteiger partial charge < -0.3 is 0 Å². The van der Waals surface area contributed by atoms with Gasteiger partial charge in [0.1, 0.15) is 5.54 Å². The number of nitrogens with one attached hydrogen (secondary N) is 1. The van der Waals surface area contributed by atoms with Crippen molar-refractivity contribution < 1.29 is 0 Å². The number of nitriles is 1. The predicted molar refractivity (Wildman–Crippen MR) is 89.7 cm³/mol. The van der Waals surface area contributed by atoms with Crippen LogP contribution >= 0.6 is 23.1 Å². The van der Waals surface area contributed by atoms with E-state index in [4.69, 9.17) is 0 Å². The zero-order valence-electron chi connectivity index (χ0n) is 12.3. The fourth-order valence-corrected chi connectivity index (χ4v) is 5.07. The number of aromatic nitrogens is 1. The first kappa shape index (κ1) is 14.8. The summed E-state index contributed by atoms with van der Waals surface area (Å²) in [6, 6.07) is 11.2. The third-order valence-electron chi connectivity index (χ3n) is 3.62. The van der Waals surface area contributed by atoms with E-state index in [1.807, 2.05) is 19.1 Å². The number of para-hydroxylation sites is 1. The summed E-state index contributed by atoms with van der Waals surface area (Å²) in [4.78, 5) is 4.66. The maximum atomic E-state index is 9.46. The smallest absolute Gasteiger partial charge is 0.151 e. The molecule has 1 aromatic heterocycles. The molecule has 1 aliphatic carbocycles. The van der Waals surface area contributed by atoms with Crippen molar-refractivity contribution >= 4 is 33.3 Å². The van der Waals surface area contributed by atoms with Crippen LogP contribution in [0.4, 0.5) is 0 Å². The average Bonchev–Trinajstić information content (AvgIpc) is 3.15. The zero-order valence-corrected chi connectivity index (χ0v) is 13.9. The van der Waals surface area contributed by atoms with Crippen LogP contribution in [-0.4, -0.2) is 21.8 Å². The molecular weight excluding hydrogens is 298 g/mol. The molecule has 0 radical (unpaired) electrons. The van der Waals surface area contributed by atoms with Crippen LogP contribution < -0.4 is 5.32 Å². The highest BCUT2D eigenvalue weighted by Crippen LogP contribution is 2.35. The van der Waals surface area contributed by atoms with Gasteiger partial charge in [-0.3, -0.25) is 5.32 Å². The number of thioether (sulfide) groups is 1. The summed E-state index contributed by atoms with van der Waals surface area (Å²) in [5.41, 5.74) is 0.640. The second kappa shape index (κ2) is 5.96. The number of fused-ring (bicyclic) bond motifs is 1. The summed E-state index contributed by atoms with van der Waals surface area (Å²) in [7, 11) is 0. The fourth-order valence-electron chi connectivity index (χ4n) is 2.51. The molecule has 21 heavy (non-hydrogen) atoms. The SMILES string of the molecule is CC(CC(C)(C#N)NC1CC1)Sc1nc2ccccc2s1. The van der Waals surface area contributed by atoms with Crippen molar-refractivity contribution in [2.75, 3.05) is 0 Å². The molecule has 1 N–H and O–H groups in total. The first-order valence-corrected chi connectivity index (χ1v) is 8.99. The van der Waals surface area contributed by atoms with Crippen LogP contribution in [-0.2, 0) is 0 Å². The molecule has 0 spiro atoms. The van der Waals surface area contributed by atoms with Crippen molar-refractivity contribution in [1.29, 1.82) is 5.26 Å². The van der Waals surface area contributed by atoms with E-state index in [0.29, 0.717) is 11.3 Å². The van der Waals surface area contributed by atoms with E-state index in [2.05, 4.69) is 35.4 Å². The molecular formula is C16H19N3S2. The molecule has 0 aliphatic heterocycles. The van der Waals surface area contributed by atoms with E-state index in [1.54, 1.807) is 23.1 Å². The zero-order chi connectivity index (χ0) is 14.9. The lowest BCUT2D eigenvalue weighted by atomic mass is 9.98. The molecule has 0 bridgehead atoms. The van der Waals surface area contributed by atoms with Gasteiger partial charge in [0.15, 0.2) is 4.34 Å². The number of hydrogen-bond donors (Lipinski definition) is 1. The maximum Gasteiger partial charge on any atom is 0.151 e. The van der Waals surface area contributed by atoms with Crippen molar-refractivity contribution in [2.24, 2.45) is 0 Å². The number of thiazole rings is 1. The van der Waals surface area contributed by atoms with Crippen molar-refractivity contribution in [2.45, 2.75) is 54.3 Å². The van der Waals surface area contributed by atoms with Crippen LogP contribution in [0.3, 0.4) is 0 Å². The molecule has 1 aromatic carbocycles. The minimum atomic E-state index is -0.426. The Kier molecular flexibility index (Phi) is 4.21. The summed E-state index contributed by atoms with van der Waals surface area (Å²) < 4.78 is 2.32. The average molecular weight is 317 g/mol. The van der Waals surface area contributed by atoms with Crippen LogP contribution in [0.2, 0.25) is 0 Å². The Bertz CT molecular complexity index is 638. The van der Waals surface area contributed by atoms with E-state index >= 15 is 0 Å². The maximum absolute atomic E-state index is 9.46. The Hall–Kier alpha value is -1.09. The molecule has 2 unspecified atom stereocenters. The van der Waals surface area contributed by atoms with E-state index < -0.39 is 5.54 Å². The molecule has 1 fully saturated rings. The monoisotopic (exact) mass is 317 g/mol. The van der Waals surface area contributed by atoms with Gasteiger partial charge in [-0.05, 0) is 38.3 Å². The van der Waals surface area contributed by atoms with Gasteiger partial charge >= 0.3 is 0 Å². The van der Waals surface area contributed by atoms with Crippen LogP contribution in [0.5, 0.6) is 0 Å². The highest BCUT2D eigenvalue weighted by molar-refractivity contribution is 8.01. The number of rotatable bonds is 6. The molecule has 1 saturated carbocycles. The Morgan fingerprint density at radius 1 is 1.52 bits per heavy atom. The largest absolute Gasteiger partial charge is 0.297 e. The Morgan fingerprint density at radius 3 is 2.95 bits per heavy atom. The molecule has 2 atom stereocenters. The second-order valence-corrected chi connectivity index (χ2v) is 8.66. The quantitative estimate of drug-likeness (QED) is 0.811. The molecule has 0 saturated heterocycles. The van der Waals surface area contributed by atoms with Gasteiger partial charge in [-0.2, -0.15) is 5.26 Å². The second-order valence-electron chi connectivity index (χ2n) is 5.94. The minimum Gasteiger partial charge on any atom is -0.297 e. The minimum absolute atomic E-state index is 0.362. The van der Waals surface area contributed by atoms with Crippen molar-refractivity contribution in [3.05, 3.63) is 24.3 Å². The van der Waals surface area contributed by atoms with Gasteiger partial charge in [-0.1, -0.05) is 30.8 Å².